The molecule has 6 heteroatoms. The molecule has 0 radical (unpaired) electrons. The van der Waals surface area contributed by atoms with Crippen molar-refractivity contribution >= 4 is 5.97 Å². The molecular formula is C17H18O6. The number of ether oxygens (including phenoxy) is 5. The molecule has 3 aliphatic heterocycles. The number of carbonyl (C=O) groups is 1. The lowest BCUT2D eigenvalue weighted by Gasteiger charge is -2.22. The second-order valence-corrected chi connectivity index (χ2v) is 6.26. The minimum absolute atomic E-state index is 0.123. The van der Waals surface area contributed by atoms with E-state index < -0.39 is 12.1 Å². The van der Waals surface area contributed by atoms with Crippen LogP contribution in [-0.4, -0.2) is 43.0 Å². The monoisotopic (exact) mass is 318 g/mol. The minimum Gasteiger partial charge on any atom is -0.492 e. The Morgan fingerprint density at radius 3 is 2.74 bits per heavy atom. The van der Waals surface area contributed by atoms with Crippen LogP contribution in [0.2, 0.25) is 0 Å². The van der Waals surface area contributed by atoms with Crippen molar-refractivity contribution in [3.8, 4) is 0 Å². The molecule has 2 fully saturated rings. The summed E-state index contributed by atoms with van der Waals surface area (Å²) >= 11 is 0. The molecule has 0 saturated carbocycles. The maximum absolute atomic E-state index is 12.0. The van der Waals surface area contributed by atoms with E-state index in [9.17, 15) is 4.79 Å². The van der Waals surface area contributed by atoms with Crippen molar-refractivity contribution in [3.63, 3.8) is 0 Å². The van der Waals surface area contributed by atoms with Crippen molar-refractivity contribution in [3.05, 3.63) is 47.7 Å². The van der Waals surface area contributed by atoms with E-state index in [4.69, 9.17) is 23.7 Å². The van der Waals surface area contributed by atoms with Gasteiger partial charge >= 0.3 is 5.97 Å². The fourth-order valence-electron chi connectivity index (χ4n) is 3.08. The molecule has 3 aliphatic rings. The molecule has 2 saturated heterocycles. The molecule has 23 heavy (non-hydrogen) atoms. The maximum atomic E-state index is 12.0. The van der Waals surface area contributed by atoms with Gasteiger partial charge in [-0.2, -0.15) is 0 Å². The van der Waals surface area contributed by atoms with Gasteiger partial charge in [0.25, 0.3) is 0 Å². The van der Waals surface area contributed by atoms with E-state index in [2.05, 4.69) is 0 Å². The summed E-state index contributed by atoms with van der Waals surface area (Å²) in [6.45, 7) is 3.81. The van der Waals surface area contributed by atoms with Gasteiger partial charge in [-0.1, -0.05) is 18.2 Å². The topological polar surface area (TPSA) is 63.2 Å². The van der Waals surface area contributed by atoms with Crippen LogP contribution in [0.25, 0.3) is 0 Å². The molecule has 4 rings (SSSR count). The number of carbonyl (C=O) groups excluding carboxylic acids is 1. The van der Waals surface area contributed by atoms with Crippen molar-refractivity contribution in [1.82, 2.24) is 0 Å². The second kappa shape index (κ2) is 5.33. The number of benzene rings is 1. The quantitative estimate of drug-likeness (QED) is 0.794. The van der Waals surface area contributed by atoms with Crippen LogP contribution < -0.4 is 0 Å². The van der Waals surface area contributed by atoms with Crippen LogP contribution in [-0.2, 0) is 23.7 Å². The first-order chi connectivity index (χ1) is 11.0. The highest BCUT2D eigenvalue weighted by Gasteiger charge is 2.58. The third-order valence-corrected chi connectivity index (χ3v) is 4.11. The highest BCUT2D eigenvalue weighted by atomic mass is 16.8. The maximum Gasteiger partial charge on any atom is 0.338 e. The molecule has 0 bridgehead atoms. The summed E-state index contributed by atoms with van der Waals surface area (Å²) in [6, 6.07) is 8.86. The summed E-state index contributed by atoms with van der Waals surface area (Å²) in [7, 11) is 0. The predicted octanol–water partition coefficient (Wildman–Crippen LogP) is 2.00. The third-order valence-electron chi connectivity index (χ3n) is 4.11. The summed E-state index contributed by atoms with van der Waals surface area (Å²) in [5, 5.41) is 0. The summed E-state index contributed by atoms with van der Waals surface area (Å²) in [6.07, 6.45) is 0.317. The van der Waals surface area contributed by atoms with Gasteiger partial charge in [-0.3, -0.25) is 0 Å². The number of fused-ring (bicyclic) bond motifs is 3. The Balaban J connectivity index is 1.37. The predicted molar refractivity (Wildman–Crippen MR) is 78.4 cm³/mol. The highest BCUT2D eigenvalue weighted by Crippen LogP contribution is 2.43. The molecule has 1 aromatic carbocycles. The van der Waals surface area contributed by atoms with E-state index >= 15 is 0 Å². The van der Waals surface area contributed by atoms with Gasteiger partial charge in [-0.15, -0.1) is 0 Å². The number of hydrogen-bond donors (Lipinski definition) is 0. The van der Waals surface area contributed by atoms with Gasteiger partial charge in [-0.05, 0) is 26.0 Å². The molecule has 0 amide bonds. The van der Waals surface area contributed by atoms with Gasteiger partial charge < -0.3 is 23.7 Å². The van der Waals surface area contributed by atoms with E-state index in [0.717, 1.165) is 5.57 Å². The first-order valence-electron chi connectivity index (χ1n) is 7.61. The number of rotatable bonds is 3. The van der Waals surface area contributed by atoms with Gasteiger partial charge in [0.2, 0.25) is 0 Å². The van der Waals surface area contributed by atoms with E-state index in [0.29, 0.717) is 5.56 Å². The molecule has 3 heterocycles. The Labute approximate surface area is 133 Å². The highest BCUT2D eigenvalue weighted by molar-refractivity contribution is 5.89. The molecule has 0 aromatic heterocycles. The summed E-state index contributed by atoms with van der Waals surface area (Å²) in [4.78, 5) is 12.0. The SMILES string of the molecule is CC1(C)O[C@H]2O[C@@H]3C(COC(=O)c4ccccc4)=CO[C@@H]3[C@H]2O1. The smallest absolute Gasteiger partial charge is 0.338 e. The summed E-state index contributed by atoms with van der Waals surface area (Å²) < 4.78 is 28.4. The molecule has 122 valence electrons. The lowest BCUT2D eigenvalue weighted by Crippen LogP contribution is -2.34. The van der Waals surface area contributed by atoms with Gasteiger partial charge in [0, 0.05) is 5.57 Å². The fraction of sp³-hybridized carbons (Fsp3) is 0.471. The summed E-state index contributed by atoms with van der Waals surface area (Å²) in [5.74, 6) is -1.05. The first kappa shape index (κ1) is 14.7. The molecule has 0 N–H and O–H groups in total. The molecule has 0 spiro atoms. The van der Waals surface area contributed by atoms with Gasteiger partial charge in [0.05, 0.1) is 11.8 Å². The van der Waals surface area contributed by atoms with Crippen LogP contribution >= 0.6 is 0 Å². The van der Waals surface area contributed by atoms with E-state index in [1.165, 1.54) is 0 Å². The molecule has 1 aromatic rings. The standard InChI is InChI=1S/C17H18O6/c1-17(2)22-14-13-12(21-16(14)23-17)11(8-19-13)9-20-15(18)10-6-4-3-5-7-10/h3-8,12-14,16H,9H2,1-2H3/t12-,13+,14-,16-/m1/s1. The van der Waals surface area contributed by atoms with Crippen molar-refractivity contribution in [2.75, 3.05) is 6.61 Å². The van der Waals surface area contributed by atoms with Gasteiger partial charge in [-0.25, -0.2) is 4.79 Å². The van der Waals surface area contributed by atoms with Gasteiger partial charge in [0.1, 0.15) is 12.7 Å². The Bertz CT molecular complexity index is 638. The molecule has 6 nitrogen and oxygen atoms in total. The average molecular weight is 318 g/mol. The van der Waals surface area contributed by atoms with E-state index in [-0.39, 0.29) is 30.9 Å². The van der Waals surface area contributed by atoms with Crippen LogP contribution in [0.5, 0.6) is 0 Å². The Morgan fingerprint density at radius 1 is 1.17 bits per heavy atom. The molecule has 0 unspecified atom stereocenters. The van der Waals surface area contributed by atoms with Crippen LogP contribution in [0, 0.1) is 0 Å². The summed E-state index contributed by atoms with van der Waals surface area (Å²) in [5.41, 5.74) is 1.29. The first-order valence-corrected chi connectivity index (χ1v) is 7.61. The van der Waals surface area contributed by atoms with E-state index in [1.54, 1.807) is 30.5 Å². The van der Waals surface area contributed by atoms with Crippen molar-refractivity contribution in [2.24, 2.45) is 0 Å². The number of hydrogen-bond acceptors (Lipinski definition) is 6. The third kappa shape index (κ3) is 2.63. The van der Waals surface area contributed by atoms with Gasteiger partial charge in [0.15, 0.2) is 24.3 Å². The zero-order chi connectivity index (χ0) is 16.0. The van der Waals surface area contributed by atoms with E-state index in [1.807, 2.05) is 19.9 Å². The largest absolute Gasteiger partial charge is 0.492 e. The fourth-order valence-corrected chi connectivity index (χ4v) is 3.08. The minimum atomic E-state index is -0.674. The average Bonchev–Trinajstić information content (AvgIpc) is 3.14. The van der Waals surface area contributed by atoms with Crippen LogP contribution in [0.1, 0.15) is 24.2 Å². The zero-order valence-electron chi connectivity index (χ0n) is 12.9. The lowest BCUT2D eigenvalue weighted by molar-refractivity contribution is -0.207. The molecule has 0 aliphatic carbocycles. The van der Waals surface area contributed by atoms with Crippen LogP contribution in [0.3, 0.4) is 0 Å². The zero-order valence-corrected chi connectivity index (χ0v) is 12.9. The van der Waals surface area contributed by atoms with Crippen molar-refractivity contribution in [1.29, 1.82) is 0 Å². The second-order valence-electron chi connectivity index (χ2n) is 6.26. The van der Waals surface area contributed by atoms with Crippen molar-refractivity contribution < 1.29 is 28.5 Å². The Kier molecular flexibility index (Phi) is 3.41. The normalized spacial score (nSPS) is 33.6. The number of esters is 1. The van der Waals surface area contributed by atoms with Crippen LogP contribution in [0.4, 0.5) is 0 Å². The molecular weight excluding hydrogens is 300 g/mol. The Hall–Kier alpha value is -1.89. The van der Waals surface area contributed by atoms with Crippen LogP contribution in [0.15, 0.2) is 42.2 Å². The molecule has 4 atom stereocenters. The van der Waals surface area contributed by atoms with Crippen molar-refractivity contribution in [2.45, 2.75) is 44.2 Å². The lowest BCUT2D eigenvalue weighted by atomic mass is 10.1. The Morgan fingerprint density at radius 2 is 1.96 bits per heavy atom.